The van der Waals surface area contributed by atoms with Crippen LogP contribution in [0.25, 0.3) is 0 Å². The van der Waals surface area contributed by atoms with Gasteiger partial charge in [0.1, 0.15) is 11.4 Å². The standard InChI is InChI=1S/C8H8F2N2O3/c1-4-6(12(14)15)2-5(3-13)7(11-4)8(9)10/h2,8,13H,3H2,1H3. The molecule has 0 saturated heterocycles. The number of alkyl halides is 2. The van der Waals surface area contributed by atoms with E-state index in [1.54, 1.807) is 0 Å². The van der Waals surface area contributed by atoms with Gasteiger partial charge < -0.3 is 5.11 Å². The number of rotatable bonds is 3. The molecule has 0 aliphatic carbocycles. The maximum absolute atomic E-state index is 12.4. The second kappa shape index (κ2) is 4.26. The highest BCUT2D eigenvalue weighted by molar-refractivity contribution is 5.40. The molecule has 0 aromatic carbocycles. The minimum absolute atomic E-state index is 0.0903. The van der Waals surface area contributed by atoms with Crippen molar-refractivity contribution in [3.63, 3.8) is 0 Å². The summed E-state index contributed by atoms with van der Waals surface area (Å²) in [6, 6.07) is 0.920. The predicted octanol–water partition coefficient (Wildman–Crippen LogP) is 1.73. The lowest BCUT2D eigenvalue weighted by Crippen LogP contribution is -2.04. The zero-order valence-corrected chi connectivity index (χ0v) is 7.78. The fourth-order valence-electron chi connectivity index (χ4n) is 1.15. The van der Waals surface area contributed by atoms with E-state index < -0.39 is 23.6 Å². The molecule has 1 heterocycles. The molecule has 0 fully saturated rings. The maximum Gasteiger partial charge on any atom is 0.290 e. The Morgan fingerprint density at radius 2 is 2.27 bits per heavy atom. The lowest BCUT2D eigenvalue weighted by molar-refractivity contribution is -0.385. The van der Waals surface area contributed by atoms with Gasteiger partial charge in [-0.1, -0.05) is 0 Å². The van der Waals surface area contributed by atoms with E-state index in [1.165, 1.54) is 6.92 Å². The number of halogens is 2. The highest BCUT2D eigenvalue weighted by atomic mass is 19.3. The van der Waals surface area contributed by atoms with E-state index in [0.29, 0.717) is 0 Å². The number of hydrogen-bond acceptors (Lipinski definition) is 4. The highest BCUT2D eigenvalue weighted by Crippen LogP contribution is 2.26. The normalized spacial score (nSPS) is 10.7. The molecule has 15 heavy (non-hydrogen) atoms. The second-order valence-corrected chi connectivity index (χ2v) is 2.85. The molecule has 0 amide bonds. The average Bonchev–Trinajstić information content (AvgIpc) is 2.16. The monoisotopic (exact) mass is 218 g/mol. The Labute approximate surface area is 83.5 Å². The maximum atomic E-state index is 12.4. The summed E-state index contributed by atoms with van der Waals surface area (Å²) in [6.45, 7) is 0.568. The number of aromatic nitrogens is 1. The van der Waals surface area contributed by atoms with Gasteiger partial charge in [0.05, 0.1) is 11.5 Å². The molecule has 0 aliphatic heterocycles. The first-order valence-electron chi connectivity index (χ1n) is 4.01. The van der Waals surface area contributed by atoms with Crippen LogP contribution in [0.4, 0.5) is 14.5 Å². The minimum Gasteiger partial charge on any atom is -0.392 e. The third-order valence-corrected chi connectivity index (χ3v) is 1.87. The Balaban J connectivity index is 3.35. The molecule has 1 rings (SSSR count). The molecule has 82 valence electrons. The Kier molecular flexibility index (Phi) is 3.25. The Morgan fingerprint density at radius 1 is 1.67 bits per heavy atom. The van der Waals surface area contributed by atoms with Gasteiger partial charge in [-0.15, -0.1) is 0 Å². The molecule has 0 bridgehead atoms. The van der Waals surface area contributed by atoms with Crippen LogP contribution in [0, 0.1) is 17.0 Å². The van der Waals surface area contributed by atoms with Crippen LogP contribution in [0.5, 0.6) is 0 Å². The van der Waals surface area contributed by atoms with Crippen molar-refractivity contribution in [2.75, 3.05) is 0 Å². The van der Waals surface area contributed by atoms with Gasteiger partial charge in [0, 0.05) is 11.6 Å². The van der Waals surface area contributed by atoms with E-state index in [2.05, 4.69) is 4.98 Å². The van der Waals surface area contributed by atoms with E-state index >= 15 is 0 Å². The topological polar surface area (TPSA) is 76.3 Å². The van der Waals surface area contributed by atoms with Crippen LogP contribution in [-0.2, 0) is 6.61 Å². The fraction of sp³-hybridized carbons (Fsp3) is 0.375. The van der Waals surface area contributed by atoms with Crippen LogP contribution in [0.2, 0.25) is 0 Å². The van der Waals surface area contributed by atoms with E-state index in [1.807, 2.05) is 0 Å². The van der Waals surface area contributed by atoms with Crippen molar-refractivity contribution >= 4 is 5.69 Å². The minimum atomic E-state index is -2.85. The summed E-state index contributed by atoms with van der Waals surface area (Å²) >= 11 is 0. The number of pyridine rings is 1. The summed E-state index contributed by atoms with van der Waals surface area (Å²) in [5.74, 6) is 0. The molecule has 7 heteroatoms. The second-order valence-electron chi connectivity index (χ2n) is 2.85. The first kappa shape index (κ1) is 11.4. The zero-order valence-electron chi connectivity index (χ0n) is 7.78. The number of hydrogen-bond donors (Lipinski definition) is 1. The molecule has 5 nitrogen and oxygen atoms in total. The molecule has 0 saturated carbocycles. The molecule has 0 aliphatic rings. The Hall–Kier alpha value is -1.63. The van der Waals surface area contributed by atoms with Crippen molar-refractivity contribution in [3.8, 4) is 0 Å². The van der Waals surface area contributed by atoms with Gasteiger partial charge in [0.25, 0.3) is 12.1 Å². The van der Waals surface area contributed by atoms with Crippen molar-refractivity contribution in [1.82, 2.24) is 4.98 Å². The van der Waals surface area contributed by atoms with Crippen LogP contribution in [0.15, 0.2) is 6.07 Å². The van der Waals surface area contributed by atoms with E-state index in [-0.39, 0.29) is 16.9 Å². The largest absolute Gasteiger partial charge is 0.392 e. The van der Waals surface area contributed by atoms with Crippen molar-refractivity contribution in [2.45, 2.75) is 20.0 Å². The molecular formula is C8H8F2N2O3. The summed E-state index contributed by atoms with van der Waals surface area (Å²) in [6.07, 6.45) is -2.85. The van der Waals surface area contributed by atoms with Crippen molar-refractivity contribution in [3.05, 3.63) is 33.1 Å². The van der Waals surface area contributed by atoms with Gasteiger partial charge in [0.15, 0.2) is 0 Å². The molecule has 1 aromatic rings. The SMILES string of the molecule is Cc1nc(C(F)F)c(CO)cc1[N+](=O)[O-]. The van der Waals surface area contributed by atoms with Gasteiger partial charge in [-0.05, 0) is 6.92 Å². The first-order valence-corrected chi connectivity index (χ1v) is 4.01. The lowest BCUT2D eigenvalue weighted by atomic mass is 10.1. The number of aliphatic hydroxyl groups excluding tert-OH is 1. The Bertz CT molecular complexity index is 396. The van der Waals surface area contributed by atoms with Gasteiger partial charge in [-0.25, -0.2) is 13.8 Å². The third kappa shape index (κ3) is 2.24. The van der Waals surface area contributed by atoms with E-state index in [4.69, 9.17) is 5.11 Å². The predicted molar refractivity (Wildman–Crippen MR) is 46.5 cm³/mol. The molecule has 0 unspecified atom stereocenters. The molecular weight excluding hydrogens is 210 g/mol. The summed E-state index contributed by atoms with van der Waals surface area (Å²) in [5.41, 5.74) is -1.29. The smallest absolute Gasteiger partial charge is 0.290 e. The van der Waals surface area contributed by atoms with E-state index in [0.717, 1.165) is 6.07 Å². The van der Waals surface area contributed by atoms with E-state index in [9.17, 15) is 18.9 Å². The number of nitro groups is 1. The molecule has 0 spiro atoms. The lowest BCUT2D eigenvalue weighted by Gasteiger charge is -2.06. The Morgan fingerprint density at radius 3 is 2.67 bits per heavy atom. The fourth-order valence-corrected chi connectivity index (χ4v) is 1.15. The van der Waals surface area contributed by atoms with Crippen LogP contribution in [-0.4, -0.2) is 15.0 Å². The number of aliphatic hydroxyl groups is 1. The highest BCUT2D eigenvalue weighted by Gasteiger charge is 2.21. The van der Waals surface area contributed by atoms with Gasteiger partial charge in [0.2, 0.25) is 0 Å². The number of nitrogens with zero attached hydrogens (tertiary/aromatic N) is 2. The van der Waals surface area contributed by atoms with Crippen molar-refractivity contribution in [1.29, 1.82) is 0 Å². The van der Waals surface area contributed by atoms with Gasteiger partial charge in [-0.2, -0.15) is 0 Å². The summed E-state index contributed by atoms with van der Waals surface area (Å²) in [5, 5.41) is 19.2. The van der Waals surface area contributed by atoms with Crippen LogP contribution < -0.4 is 0 Å². The molecule has 1 aromatic heterocycles. The average molecular weight is 218 g/mol. The first-order chi connectivity index (χ1) is 6.97. The van der Waals surface area contributed by atoms with Crippen molar-refractivity contribution < 1.29 is 18.8 Å². The summed E-state index contributed by atoms with van der Waals surface area (Å²) in [4.78, 5) is 13.2. The van der Waals surface area contributed by atoms with Crippen LogP contribution in [0.3, 0.4) is 0 Å². The summed E-state index contributed by atoms with van der Waals surface area (Å²) in [7, 11) is 0. The third-order valence-electron chi connectivity index (χ3n) is 1.87. The van der Waals surface area contributed by atoms with Gasteiger partial charge in [-0.3, -0.25) is 10.1 Å². The molecule has 0 atom stereocenters. The van der Waals surface area contributed by atoms with Crippen LogP contribution in [0.1, 0.15) is 23.4 Å². The molecule has 1 N–H and O–H groups in total. The van der Waals surface area contributed by atoms with Crippen LogP contribution >= 0.6 is 0 Å². The van der Waals surface area contributed by atoms with Gasteiger partial charge >= 0.3 is 0 Å². The summed E-state index contributed by atoms with van der Waals surface area (Å²) < 4.78 is 24.8. The van der Waals surface area contributed by atoms with Crippen molar-refractivity contribution in [2.24, 2.45) is 0 Å². The quantitative estimate of drug-likeness (QED) is 0.619. The zero-order chi connectivity index (χ0) is 11.6. The molecule has 0 radical (unpaired) electrons. The number of aryl methyl sites for hydroxylation is 1.